The lowest BCUT2D eigenvalue weighted by atomic mass is 10.1. The molecule has 3 aliphatic rings. The van der Waals surface area contributed by atoms with Gasteiger partial charge in [-0.2, -0.15) is 0 Å². The molecule has 0 aliphatic carbocycles. The van der Waals surface area contributed by atoms with Crippen LogP contribution < -0.4 is 10.6 Å². The average molecular weight is 455 g/mol. The molecule has 172 valence electrons. The van der Waals surface area contributed by atoms with E-state index in [-0.39, 0.29) is 55.3 Å². The SMILES string of the molecule is C=CC(=O)N1CN(C(=O)C=C)CN(C(=O)C=C)C1.O=C1C=C(CC2=CC(=O)NC2=O)C(=O)N1. The van der Waals surface area contributed by atoms with E-state index in [1.54, 1.807) is 0 Å². The molecule has 0 bridgehead atoms. The zero-order valence-corrected chi connectivity index (χ0v) is 17.5. The van der Waals surface area contributed by atoms with Crippen molar-refractivity contribution in [3.8, 4) is 0 Å². The molecule has 0 radical (unpaired) electrons. The summed E-state index contributed by atoms with van der Waals surface area (Å²) in [5, 5.41) is 4.11. The minimum Gasteiger partial charge on any atom is -0.303 e. The average Bonchev–Trinajstić information content (AvgIpc) is 3.30. The Morgan fingerprint density at radius 1 is 0.697 bits per heavy atom. The molecule has 3 aliphatic heterocycles. The van der Waals surface area contributed by atoms with E-state index in [1.165, 1.54) is 14.7 Å². The van der Waals surface area contributed by atoms with Gasteiger partial charge < -0.3 is 14.7 Å². The summed E-state index contributed by atoms with van der Waals surface area (Å²) >= 11 is 0. The van der Waals surface area contributed by atoms with Crippen molar-refractivity contribution in [1.29, 1.82) is 0 Å². The van der Waals surface area contributed by atoms with Crippen molar-refractivity contribution >= 4 is 41.4 Å². The smallest absolute Gasteiger partial charge is 0.254 e. The molecule has 12 nitrogen and oxygen atoms in total. The highest BCUT2D eigenvalue weighted by molar-refractivity contribution is 6.20. The number of hydrogen-bond acceptors (Lipinski definition) is 7. The van der Waals surface area contributed by atoms with E-state index in [4.69, 9.17) is 0 Å². The van der Waals surface area contributed by atoms with Crippen molar-refractivity contribution in [2.24, 2.45) is 0 Å². The summed E-state index contributed by atoms with van der Waals surface area (Å²) in [5.41, 5.74) is 0.382. The van der Waals surface area contributed by atoms with Crippen molar-refractivity contribution in [3.05, 3.63) is 61.3 Å². The maximum atomic E-state index is 11.6. The Kier molecular flexibility index (Phi) is 7.93. The van der Waals surface area contributed by atoms with Crippen molar-refractivity contribution in [1.82, 2.24) is 25.3 Å². The van der Waals surface area contributed by atoms with E-state index < -0.39 is 23.6 Å². The second-order valence-corrected chi connectivity index (χ2v) is 6.82. The lowest BCUT2D eigenvalue weighted by Crippen LogP contribution is -2.58. The first-order valence-electron chi connectivity index (χ1n) is 9.45. The van der Waals surface area contributed by atoms with Gasteiger partial charge in [-0.3, -0.25) is 44.2 Å². The molecule has 2 N–H and O–H groups in total. The first kappa shape index (κ1) is 24.7. The topological polar surface area (TPSA) is 153 Å². The number of carbonyl (C=O) groups is 7. The fourth-order valence-corrected chi connectivity index (χ4v) is 2.93. The van der Waals surface area contributed by atoms with Crippen LogP contribution in [0.1, 0.15) is 6.42 Å². The molecular weight excluding hydrogens is 434 g/mol. The highest BCUT2D eigenvalue weighted by atomic mass is 16.2. The number of amides is 7. The lowest BCUT2D eigenvalue weighted by Gasteiger charge is -2.41. The van der Waals surface area contributed by atoms with Gasteiger partial charge in [-0.1, -0.05) is 19.7 Å². The molecular formula is C21H21N5O7. The standard InChI is InChI=1S/C12H15N3O3.C9H6N2O4/c1-4-10(16)13-7-14(11(17)5-2)9-15(8-13)12(18)6-3;12-6-2-4(8(14)10-6)1-5-3-7(13)11-9(5)15/h4-6H,1-3,7-9H2;2-3H,1H2,(H,10,12,14)(H,11,13,15). The quantitative estimate of drug-likeness (QED) is 0.376. The fourth-order valence-electron chi connectivity index (χ4n) is 2.93. The van der Waals surface area contributed by atoms with Gasteiger partial charge in [0.25, 0.3) is 23.6 Å². The molecule has 7 amide bonds. The van der Waals surface area contributed by atoms with Gasteiger partial charge >= 0.3 is 0 Å². The Labute approximate surface area is 188 Å². The lowest BCUT2D eigenvalue weighted by molar-refractivity contribution is -0.152. The Morgan fingerprint density at radius 3 is 1.21 bits per heavy atom. The van der Waals surface area contributed by atoms with E-state index in [2.05, 4.69) is 30.4 Å². The molecule has 0 spiro atoms. The number of hydrogen-bond donors (Lipinski definition) is 2. The molecule has 1 saturated heterocycles. The number of nitrogens with zero attached hydrogens (tertiary/aromatic N) is 3. The van der Waals surface area contributed by atoms with Crippen molar-refractivity contribution in [3.63, 3.8) is 0 Å². The molecule has 0 aromatic carbocycles. The van der Waals surface area contributed by atoms with Crippen molar-refractivity contribution < 1.29 is 33.6 Å². The normalized spacial score (nSPS) is 17.3. The highest BCUT2D eigenvalue weighted by Gasteiger charge is 2.29. The van der Waals surface area contributed by atoms with Crippen LogP contribution in [0.15, 0.2) is 61.3 Å². The van der Waals surface area contributed by atoms with Gasteiger partial charge in [-0.15, -0.1) is 0 Å². The van der Waals surface area contributed by atoms with Crippen LogP contribution in [0.4, 0.5) is 0 Å². The van der Waals surface area contributed by atoms with Gasteiger partial charge in [0.2, 0.25) is 17.7 Å². The highest BCUT2D eigenvalue weighted by Crippen LogP contribution is 2.17. The number of rotatable bonds is 5. The van der Waals surface area contributed by atoms with E-state index in [0.29, 0.717) is 0 Å². The molecule has 0 aromatic rings. The predicted octanol–water partition coefficient (Wildman–Crippen LogP) is -1.54. The molecule has 12 heteroatoms. The monoisotopic (exact) mass is 455 g/mol. The second-order valence-electron chi connectivity index (χ2n) is 6.82. The van der Waals surface area contributed by atoms with Crippen LogP contribution in [0.3, 0.4) is 0 Å². The van der Waals surface area contributed by atoms with Gasteiger partial charge in [0, 0.05) is 29.7 Å². The zero-order valence-electron chi connectivity index (χ0n) is 17.5. The third kappa shape index (κ3) is 6.19. The molecule has 1 fully saturated rings. The number of imide groups is 2. The summed E-state index contributed by atoms with van der Waals surface area (Å²) in [5.74, 6) is -3.09. The number of carbonyl (C=O) groups excluding carboxylic acids is 7. The largest absolute Gasteiger partial charge is 0.303 e. The summed E-state index contributed by atoms with van der Waals surface area (Å²) in [7, 11) is 0. The summed E-state index contributed by atoms with van der Waals surface area (Å²) < 4.78 is 0. The van der Waals surface area contributed by atoms with Crippen LogP contribution in [0.25, 0.3) is 0 Å². The van der Waals surface area contributed by atoms with E-state index in [1.807, 2.05) is 0 Å². The molecule has 0 unspecified atom stereocenters. The maximum absolute atomic E-state index is 11.6. The molecule has 3 rings (SSSR count). The van der Waals surface area contributed by atoms with Crippen LogP contribution in [0, 0.1) is 0 Å². The van der Waals surface area contributed by atoms with Gasteiger partial charge in [0.15, 0.2) is 0 Å². The third-order valence-corrected chi connectivity index (χ3v) is 4.53. The summed E-state index contributed by atoms with van der Waals surface area (Å²) in [6.07, 6.45) is 5.66. The minimum atomic E-state index is -0.520. The molecule has 0 saturated carbocycles. The van der Waals surface area contributed by atoms with Crippen LogP contribution >= 0.6 is 0 Å². The Morgan fingerprint density at radius 2 is 1.00 bits per heavy atom. The summed E-state index contributed by atoms with van der Waals surface area (Å²) in [6.45, 7) is 10.5. The van der Waals surface area contributed by atoms with Crippen molar-refractivity contribution in [2.75, 3.05) is 20.0 Å². The predicted molar refractivity (Wildman–Crippen MR) is 113 cm³/mol. The fraction of sp³-hybridized carbons (Fsp3) is 0.190. The molecule has 33 heavy (non-hydrogen) atoms. The van der Waals surface area contributed by atoms with Crippen LogP contribution in [-0.2, 0) is 33.6 Å². The minimum absolute atomic E-state index is 0.00481. The van der Waals surface area contributed by atoms with E-state index >= 15 is 0 Å². The summed E-state index contributed by atoms with van der Waals surface area (Å²) in [4.78, 5) is 82.5. The molecule has 0 aromatic heterocycles. The first-order valence-corrected chi connectivity index (χ1v) is 9.45. The van der Waals surface area contributed by atoms with Crippen molar-refractivity contribution in [2.45, 2.75) is 6.42 Å². The van der Waals surface area contributed by atoms with Gasteiger partial charge in [0.05, 0.1) is 20.0 Å². The van der Waals surface area contributed by atoms with E-state index in [0.717, 1.165) is 30.4 Å². The van der Waals surface area contributed by atoms with Crippen LogP contribution in [0.5, 0.6) is 0 Å². The first-order chi connectivity index (χ1) is 15.6. The van der Waals surface area contributed by atoms with Gasteiger partial charge in [0.1, 0.15) is 0 Å². The second kappa shape index (κ2) is 10.6. The van der Waals surface area contributed by atoms with Gasteiger partial charge in [-0.05, 0) is 18.2 Å². The third-order valence-electron chi connectivity index (χ3n) is 4.53. The number of nitrogens with one attached hydrogen (secondary N) is 2. The molecule has 3 heterocycles. The maximum Gasteiger partial charge on any atom is 0.254 e. The van der Waals surface area contributed by atoms with E-state index in [9.17, 15) is 33.6 Å². The van der Waals surface area contributed by atoms with Crippen LogP contribution in [0.2, 0.25) is 0 Å². The van der Waals surface area contributed by atoms with Crippen LogP contribution in [-0.4, -0.2) is 76.1 Å². The Bertz CT molecular complexity index is 930. The zero-order chi connectivity index (χ0) is 24.7. The molecule has 0 atom stereocenters. The Balaban J connectivity index is 0.000000237. The van der Waals surface area contributed by atoms with Gasteiger partial charge in [-0.25, -0.2) is 0 Å². The summed E-state index contributed by atoms with van der Waals surface area (Å²) in [6, 6.07) is 0. The Hall–Kier alpha value is -4.61.